The maximum atomic E-state index is 12.9. The van der Waals surface area contributed by atoms with E-state index in [2.05, 4.69) is 26.2 Å². The summed E-state index contributed by atoms with van der Waals surface area (Å²) in [6.07, 6.45) is 1.67. The van der Waals surface area contributed by atoms with E-state index < -0.39 is 0 Å². The van der Waals surface area contributed by atoms with Gasteiger partial charge in [0.25, 0.3) is 5.91 Å². The molecule has 0 unspecified atom stereocenters. The monoisotopic (exact) mass is 444 g/mol. The largest absolute Gasteiger partial charge is 0.497 e. The molecule has 3 aromatic rings. The summed E-state index contributed by atoms with van der Waals surface area (Å²) in [4.78, 5) is 18.2. The fourth-order valence-electron chi connectivity index (χ4n) is 2.36. The van der Waals surface area contributed by atoms with Crippen LogP contribution in [-0.4, -0.2) is 25.1 Å². The van der Waals surface area contributed by atoms with E-state index in [1.807, 2.05) is 24.3 Å². The first-order chi connectivity index (χ1) is 13.1. The van der Waals surface area contributed by atoms with Crippen molar-refractivity contribution in [3.8, 4) is 11.5 Å². The topological polar surface area (TPSA) is 60.5 Å². The number of nitrogens with zero attached hydrogens (tertiary/aromatic N) is 1. The summed E-state index contributed by atoms with van der Waals surface area (Å²) in [5.74, 6) is 0.908. The highest BCUT2D eigenvalue weighted by Crippen LogP contribution is 2.32. The van der Waals surface area contributed by atoms with Crippen molar-refractivity contribution in [2.45, 2.75) is 9.92 Å². The van der Waals surface area contributed by atoms with Gasteiger partial charge in [-0.1, -0.05) is 27.7 Å². The van der Waals surface area contributed by atoms with Gasteiger partial charge < -0.3 is 14.8 Å². The predicted molar refractivity (Wildman–Crippen MR) is 110 cm³/mol. The van der Waals surface area contributed by atoms with Crippen LogP contribution in [0.3, 0.4) is 0 Å². The molecule has 0 fully saturated rings. The highest BCUT2D eigenvalue weighted by molar-refractivity contribution is 9.10. The number of pyridine rings is 1. The van der Waals surface area contributed by atoms with Gasteiger partial charge in [-0.25, -0.2) is 4.98 Å². The Kier molecular flexibility index (Phi) is 6.36. The predicted octanol–water partition coefficient (Wildman–Crippen LogP) is 5.26. The number of carbonyl (C=O) groups excluding carboxylic acids is 1. The number of amides is 1. The van der Waals surface area contributed by atoms with Gasteiger partial charge >= 0.3 is 0 Å². The van der Waals surface area contributed by atoms with Gasteiger partial charge in [0.15, 0.2) is 0 Å². The number of halogens is 1. The number of carbonyl (C=O) groups is 1. The molecule has 7 heteroatoms. The minimum Gasteiger partial charge on any atom is -0.497 e. The van der Waals surface area contributed by atoms with Gasteiger partial charge in [0.2, 0.25) is 0 Å². The van der Waals surface area contributed by atoms with Crippen LogP contribution in [0.2, 0.25) is 0 Å². The van der Waals surface area contributed by atoms with Crippen molar-refractivity contribution in [3.05, 3.63) is 70.8 Å². The number of hydrogen-bond donors (Lipinski definition) is 1. The number of nitrogens with one attached hydrogen (secondary N) is 1. The summed E-state index contributed by atoms with van der Waals surface area (Å²) >= 11 is 4.85. The molecule has 1 N–H and O–H groups in total. The number of ether oxygens (including phenoxy) is 2. The molecule has 27 heavy (non-hydrogen) atoms. The van der Waals surface area contributed by atoms with Crippen molar-refractivity contribution in [2.24, 2.45) is 0 Å². The third kappa shape index (κ3) is 4.81. The van der Waals surface area contributed by atoms with Crippen LogP contribution in [0.5, 0.6) is 11.5 Å². The van der Waals surface area contributed by atoms with Gasteiger partial charge in [-0.3, -0.25) is 4.79 Å². The smallest absolute Gasteiger partial charge is 0.258 e. The Morgan fingerprint density at radius 3 is 2.56 bits per heavy atom. The van der Waals surface area contributed by atoms with E-state index in [-0.39, 0.29) is 5.91 Å². The SMILES string of the molecule is COc1ccc(OC)c(NC(=O)c2cccnc2Sc2ccc(Br)cc2)c1. The molecule has 0 saturated heterocycles. The van der Waals surface area contributed by atoms with Crippen molar-refractivity contribution in [1.82, 2.24) is 4.98 Å². The summed E-state index contributed by atoms with van der Waals surface area (Å²) < 4.78 is 11.5. The molecule has 0 aliphatic carbocycles. The number of benzene rings is 2. The quantitative estimate of drug-likeness (QED) is 0.561. The zero-order valence-electron chi connectivity index (χ0n) is 14.7. The minimum atomic E-state index is -0.269. The molecule has 0 atom stereocenters. The van der Waals surface area contributed by atoms with Crippen LogP contribution in [-0.2, 0) is 0 Å². The molecule has 0 saturated carbocycles. The summed E-state index contributed by atoms with van der Waals surface area (Å²) in [5, 5.41) is 3.51. The van der Waals surface area contributed by atoms with Gasteiger partial charge in [-0.05, 0) is 48.5 Å². The van der Waals surface area contributed by atoms with Crippen LogP contribution in [0.1, 0.15) is 10.4 Å². The fraction of sp³-hybridized carbons (Fsp3) is 0.100. The lowest BCUT2D eigenvalue weighted by molar-refractivity contribution is 0.102. The molecule has 0 aliphatic rings. The van der Waals surface area contributed by atoms with Crippen molar-refractivity contribution >= 4 is 39.3 Å². The van der Waals surface area contributed by atoms with E-state index in [0.29, 0.717) is 27.8 Å². The fourth-order valence-corrected chi connectivity index (χ4v) is 3.50. The normalized spacial score (nSPS) is 10.3. The Morgan fingerprint density at radius 2 is 1.85 bits per heavy atom. The van der Waals surface area contributed by atoms with Gasteiger partial charge in [0.1, 0.15) is 16.5 Å². The van der Waals surface area contributed by atoms with E-state index in [9.17, 15) is 4.79 Å². The second-order valence-electron chi connectivity index (χ2n) is 5.43. The number of rotatable bonds is 6. The molecule has 5 nitrogen and oxygen atoms in total. The maximum absolute atomic E-state index is 12.9. The summed E-state index contributed by atoms with van der Waals surface area (Å²) in [5.41, 5.74) is 1.01. The van der Waals surface area contributed by atoms with Crippen LogP contribution in [0.25, 0.3) is 0 Å². The highest BCUT2D eigenvalue weighted by atomic mass is 79.9. The molecular weight excluding hydrogens is 428 g/mol. The average molecular weight is 445 g/mol. The summed E-state index contributed by atoms with van der Waals surface area (Å²) in [6, 6.07) is 16.6. The minimum absolute atomic E-state index is 0.269. The lowest BCUT2D eigenvalue weighted by Gasteiger charge is -2.13. The third-order valence-corrected chi connectivity index (χ3v) is 5.25. The van der Waals surface area contributed by atoms with E-state index in [4.69, 9.17) is 9.47 Å². The van der Waals surface area contributed by atoms with Crippen LogP contribution >= 0.6 is 27.7 Å². The molecule has 3 rings (SSSR count). The van der Waals surface area contributed by atoms with E-state index in [0.717, 1.165) is 9.37 Å². The molecule has 1 aromatic heterocycles. The molecule has 0 bridgehead atoms. The molecule has 1 heterocycles. The van der Waals surface area contributed by atoms with Gasteiger partial charge in [0.05, 0.1) is 25.5 Å². The molecule has 1 amide bonds. The number of anilines is 1. The molecule has 0 spiro atoms. The van der Waals surface area contributed by atoms with Gasteiger partial charge in [0, 0.05) is 21.6 Å². The zero-order valence-corrected chi connectivity index (χ0v) is 17.1. The lowest BCUT2D eigenvalue weighted by atomic mass is 10.2. The second kappa shape index (κ2) is 8.92. The maximum Gasteiger partial charge on any atom is 0.258 e. The Hall–Kier alpha value is -2.51. The van der Waals surface area contributed by atoms with E-state index in [1.165, 1.54) is 11.8 Å². The number of aromatic nitrogens is 1. The first kappa shape index (κ1) is 19.3. The summed E-state index contributed by atoms with van der Waals surface area (Å²) in [6.45, 7) is 0. The first-order valence-corrected chi connectivity index (χ1v) is 9.63. The van der Waals surface area contributed by atoms with Crippen LogP contribution in [0.15, 0.2) is 75.2 Å². The molecular formula is C20H17BrN2O3S. The van der Waals surface area contributed by atoms with E-state index in [1.54, 1.807) is 50.7 Å². The Morgan fingerprint density at radius 1 is 1.07 bits per heavy atom. The molecule has 0 aliphatic heterocycles. The van der Waals surface area contributed by atoms with Crippen molar-refractivity contribution < 1.29 is 14.3 Å². The van der Waals surface area contributed by atoms with Crippen molar-refractivity contribution in [1.29, 1.82) is 0 Å². The standard InChI is InChI=1S/C20H17BrN2O3S/c1-25-14-7-10-18(26-2)17(12-14)23-19(24)16-4-3-11-22-20(16)27-15-8-5-13(21)6-9-15/h3-12H,1-2H3,(H,23,24). The Balaban J connectivity index is 1.86. The lowest BCUT2D eigenvalue weighted by Crippen LogP contribution is -2.14. The van der Waals surface area contributed by atoms with Gasteiger partial charge in [-0.2, -0.15) is 0 Å². The highest BCUT2D eigenvalue weighted by Gasteiger charge is 2.16. The van der Waals surface area contributed by atoms with Crippen LogP contribution < -0.4 is 14.8 Å². The molecule has 138 valence electrons. The second-order valence-corrected chi connectivity index (χ2v) is 7.41. The van der Waals surface area contributed by atoms with E-state index >= 15 is 0 Å². The Labute approximate surface area is 170 Å². The van der Waals surface area contributed by atoms with Crippen LogP contribution in [0.4, 0.5) is 5.69 Å². The number of hydrogen-bond acceptors (Lipinski definition) is 5. The first-order valence-electron chi connectivity index (χ1n) is 8.02. The Bertz CT molecular complexity index is 948. The summed E-state index contributed by atoms with van der Waals surface area (Å²) in [7, 11) is 3.12. The van der Waals surface area contributed by atoms with Crippen molar-refractivity contribution in [2.75, 3.05) is 19.5 Å². The molecule has 2 aromatic carbocycles. The average Bonchev–Trinajstić information content (AvgIpc) is 2.70. The molecule has 0 radical (unpaired) electrons. The van der Waals surface area contributed by atoms with Crippen LogP contribution in [0, 0.1) is 0 Å². The third-order valence-electron chi connectivity index (χ3n) is 3.70. The number of methoxy groups -OCH3 is 2. The van der Waals surface area contributed by atoms with Gasteiger partial charge in [-0.15, -0.1) is 0 Å². The zero-order chi connectivity index (χ0) is 19.2. The van der Waals surface area contributed by atoms with Crippen molar-refractivity contribution in [3.63, 3.8) is 0 Å².